The first kappa shape index (κ1) is 18.9. The number of hydrogen-bond acceptors (Lipinski definition) is 3. The normalized spacial score (nSPS) is 11.8. The highest BCUT2D eigenvalue weighted by Crippen LogP contribution is 2.38. The first-order valence-corrected chi connectivity index (χ1v) is 10.6. The van der Waals surface area contributed by atoms with Crippen molar-refractivity contribution in [1.82, 2.24) is 3.97 Å². The van der Waals surface area contributed by atoms with E-state index in [-0.39, 0.29) is 9.92 Å². The molecular weight excluding hydrogens is 417 g/mol. The summed E-state index contributed by atoms with van der Waals surface area (Å²) in [4.78, 5) is -0.255. The van der Waals surface area contributed by atoms with E-state index >= 15 is 0 Å². The van der Waals surface area contributed by atoms with Crippen molar-refractivity contribution in [2.75, 3.05) is 0 Å². The minimum Gasteiger partial charge on any atom is -0.505 e. The summed E-state index contributed by atoms with van der Waals surface area (Å²) in [7, 11) is -4.11. The number of hydrogen-bond donors (Lipinski definition) is 1. The second kappa shape index (κ2) is 6.85. The predicted octanol–water partition coefficient (Wildman–Crippen LogP) is 5.87. The molecule has 0 radical (unpaired) electrons. The molecule has 4 rings (SSSR count). The minimum absolute atomic E-state index is 0.0305. The molecule has 0 aliphatic heterocycles. The first-order chi connectivity index (χ1) is 13.3. The van der Waals surface area contributed by atoms with Crippen molar-refractivity contribution >= 4 is 44.1 Å². The molecule has 7 heteroatoms. The van der Waals surface area contributed by atoms with Crippen molar-refractivity contribution in [3.8, 4) is 16.9 Å². The molecule has 0 aliphatic rings. The molecule has 0 fully saturated rings. The number of fused-ring (bicyclic) bond motifs is 1. The molecular formula is C21H15Cl2NO3S. The molecule has 0 saturated carbocycles. The van der Waals surface area contributed by atoms with Crippen LogP contribution in [0.25, 0.3) is 22.0 Å². The fourth-order valence-electron chi connectivity index (χ4n) is 3.28. The van der Waals surface area contributed by atoms with Crippen molar-refractivity contribution < 1.29 is 13.5 Å². The zero-order valence-corrected chi connectivity index (χ0v) is 17.1. The van der Waals surface area contributed by atoms with Gasteiger partial charge in [0.1, 0.15) is 4.90 Å². The molecule has 3 aromatic carbocycles. The average molecular weight is 432 g/mol. The van der Waals surface area contributed by atoms with Gasteiger partial charge in [-0.2, -0.15) is 0 Å². The Bertz CT molecular complexity index is 1310. The molecule has 1 N–H and O–H groups in total. The third-order valence-corrected chi connectivity index (χ3v) is 6.90. The third-order valence-electron chi connectivity index (χ3n) is 4.55. The molecule has 4 nitrogen and oxygen atoms in total. The molecule has 0 bridgehead atoms. The molecule has 1 heterocycles. The Morgan fingerprint density at radius 3 is 2.32 bits per heavy atom. The summed E-state index contributed by atoms with van der Waals surface area (Å²) in [5.74, 6) is -0.475. The van der Waals surface area contributed by atoms with Gasteiger partial charge in [-0.1, -0.05) is 53.5 Å². The van der Waals surface area contributed by atoms with Crippen LogP contribution >= 0.6 is 23.2 Å². The maximum atomic E-state index is 13.5. The Labute approximate surface area is 172 Å². The lowest BCUT2D eigenvalue weighted by Gasteiger charge is -2.14. The molecule has 0 aliphatic carbocycles. The Kier molecular flexibility index (Phi) is 4.62. The highest BCUT2D eigenvalue weighted by molar-refractivity contribution is 7.90. The van der Waals surface area contributed by atoms with Gasteiger partial charge in [0.15, 0.2) is 5.75 Å². The summed E-state index contributed by atoms with van der Waals surface area (Å²) in [6.07, 6.45) is 0. The van der Waals surface area contributed by atoms with Gasteiger partial charge in [0.2, 0.25) is 0 Å². The van der Waals surface area contributed by atoms with E-state index in [0.717, 1.165) is 5.56 Å². The Balaban J connectivity index is 1.99. The van der Waals surface area contributed by atoms with Crippen LogP contribution in [0.5, 0.6) is 5.75 Å². The number of halogens is 2. The highest BCUT2D eigenvalue weighted by Gasteiger charge is 2.27. The summed E-state index contributed by atoms with van der Waals surface area (Å²) < 4.78 is 28.2. The van der Waals surface area contributed by atoms with Crippen LogP contribution in [-0.4, -0.2) is 17.5 Å². The van der Waals surface area contributed by atoms with Gasteiger partial charge in [-0.25, -0.2) is 12.4 Å². The van der Waals surface area contributed by atoms with Gasteiger partial charge in [0.25, 0.3) is 10.0 Å². The Morgan fingerprint density at radius 1 is 0.893 bits per heavy atom. The zero-order chi connectivity index (χ0) is 20.1. The number of nitrogens with zero attached hydrogens (tertiary/aromatic N) is 1. The maximum absolute atomic E-state index is 13.5. The SMILES string of the molecule is Cc1cc2cc(Cl)ccc2n1S(=O)(=O)c1cc(-c2ccccc2)cc(Cl)c1O. The summed E-state index contributed by atoms with van der Waals surface area (Å²) in [6, 6.07) is 18.9. The van der Waals surface area contributed by atoms with E-state index in [1.165, 1.54) is 10.0 Å². The van der Waals surface area contributed by atoms with Crippen LogP contribution in [0.3, 0.4) is 0 Å². The quantitative estimate of drug-likeness (QED) is 0.441. The van der Waals surface area contributed by atoms with Gasteiger partial charge < -0.3 is 5.11 Å². The van der Waals surface area contributed by atoms with E-state index in [0.29, 0.717) is 27.2 Å². The summed E-state index contributed by atoms with van der Waals surface area (Å²) in [5.41, 5.74) is 2.36. The lowest BCUT2D eigenvalue weighted by Crippen LogP contribution is -2.14. The Hall–Kier alpha value is -2.47. The number of rotatable bonds is 3. The molecule has 4 aromatic rings. The number of phenols is 1. The van der Waals surface area contributed by atoms with Crippen molar-refractivity contribution in [2.24, 2.45) is 0 Å². The van der Waals surface area contributed by atoms with E-state index in [1.807, 2.05) is 30.3 Å². The molecule has 0 unspecified atom stereocenters. The fourth-order valence-corrected chi connectivity index (χ4v) is 5.42. The van der Waals surface area contributed by atoms with Crippen LogP contribution in [0, 0.1) is 6.92 Å². The number of aromatic hydroxyl groups is 1. The molecule has 0 amide bonds. The Morgan fingerprint density at radius 2 is 1.61 bits per heavy atom. The van der Waals surface area contributed by atoms with Gasteiger partial charge in [0, 0.05) is 16.1 Å². The maximum Gasteiger partial charge on any atom is 0.272 e. The minimum atomic E-state index is -4.11. The van der Waals surface area contributed by atoms with Crippen LogP contribution in [-0.2, 0) is 10.0 Å². The van der Waals surface area contributed by atoms with E-state index in [4.69, 9.17) is 23.2 Å². The van der Waals surface area contributed by atoms with Crippen molar-refractivity contribution in [1.29, 1.82) is 0 Å². The summed E-state index contributed by atoms with van der Waals surface area (Å²) in [6.45, 7) is 1.69. The second-order valence-corrected chi connectivity index (χ2v) is 9.03. The largest absolute Gasteiger partial charge is 0.505 e. The number of aromatic nitrogens is 1. The zero-order valence-electron chi connectivity index (χ0n) is 14.7. The smallest absolute Gasteiger partial charge is 0.272 e. The molecule has 0 saturated heterocycles. The van der Waals surface area contributed by atoms with Crippen LogP contribution in [0.2, 0.25) is 10.0 Å². The van der Waals surface area contributed by atoms with Gasteiger partial charge in [-0.05, 0) is 54.4 Å². The molecule has 0 spiro atoms. The van der Waals surface area contributed by atoms with Crippen LogP contribution in [0.1, 0.15) is 5.69 Å². The first-order valence-electron chi connectivity index (χ1n) is 8.40. The second-order valence-electron chi connectivity index (χ2n) is 6.43. The monoisotopic (exact) mass is 431 g/mol. The molecule has 142 valence electrons. The van der Waals surface area contributed by atoms with Gasteiger partial charge in [-0.15, -0.1) is 0 Å². The van der Waals surface area contributed by atoms with Crippen LogP contribution in [0.4, 0.5) is 0 Å². The van der Waals surface area contributed by atoms with E-state index < -0.39 is 15.8 Å². The van der Waals surface area contributed by atoms with Gasteiger partial charge in [-0.3, -0.25) is 0 Å². The fraction of sp³-hybridized carbons (Fsp3) is 0.0476. The molecule has 28 heavy (non-hydrogen) atoms. The van der Waals surface area contributed by atoms with E-state index in [2.05, 4.69) is 0 Å². The number of phenolic OH excluding ortho intramolecular Hbond substituents is 1. The lowest BCUT2D eigenvalue weighted by atomic mass is 10.1. The topological polar surface area (TPSA) is 59.3 Å². The van der Waals surface area contributed by atoms with Crippen molar-refractivity contribution in [3.05, 3.63) is 82.5 Å². The molecule has 1 aromatic heterocycles. The number of aryl methyl sites for hydroxylation is 1. The van der Waals surface area contributed by atoms with Crippen molar-refractivity contribution in [2.45, 2.75) is 11.8 Å². The highest BCUT2D eigenvalue weighted by atomic mass is 35.5. The predicted molar refractivity (Wildman–Crippen MR) is 113 cm³/mol. The average Bonchev–Trinajstić information content (AvgIpc) is 2.99. The third kappa shape index (κ3) is 3.05. The summed E-state index contributed by atoms with van der Waals surface area (Å²) >= 11 is 12.2. The van der Waals surface area contributed by atoms with Gasteiger partial charge in [0.05, 0.1) is 10.5 Å². The van der Waals surface area contributed by atoms with Crippen LogP contribution < -0.4 is 0 Å². The number of benzene rings is 3. The molecule has 0 atom stereocenters. The van der Waals surface area contributed by atoms with Gasteiger partial charge >= 0.3 is 0 Å². The van der Waals surface area contributed by atoms with Crippen molar-refractivity contribution in [3.63, 3.8) is 0 Å². The standard InChI is InChI=1S/C21H15Cl2NO3S/c1-13-9-16-10-17(22)7-8-19(16)24(13)28(26,27)20-12-15(11-18(23)21(20)25)14-5-3-2-4-6-14/h2-12,25H,1H3. The van der Waals surface area contributed by atoms with E-state index in [1.54, 1.807) is 37.3 Å². The lowest BCUT2D eigenvalue weighted by molar-refractivity contribution is 0.458. The summed E-state index contributed by atoms with van der Waals surface area (Å²) in [5, 5.41) is 11.6. The van der Waals surface area contributed by atoms with E-state index in [9.17, 15) is 13.5 Å². The van der Waals surface area contributed by atoms with Crippen LogP contribution in [0.15, 0.2) is 71.6 Å².